The van der Waals surface area contributed by atoms with E-state index in [0.29, 0.717) is 23.8 Å². The average molecular weight is 401 g/mol. The van der Waals surface area contributed by atoms with E-state index in [1.165, 1.54) is 0 Å². The molecule has 2 rings (SSSR count). The molecule has 0 amide bonds. The molecule has 2 aromatic carbocycles. The van der Waals surface area contributed by atoms with Crippen molar-refractivity contribution in [3.63, 3.8) is 0 Å². The highest BCUT2D eigenvalue weighted by atomic mass is 32.2. The average Bonchev–Trinajstić information content (AvgIpc) is 2.56. The minimum Gasteiger partial charge on any atom is -0.506 e. The summed E-state index contributed by atoms with van der Waals surface area (Å²) in [6.45, 7) is 1.87. The third-order valence-electron chi connectivity index (χ3n) is 3.46. The molecule has 0 fully saturated rings. The van der Waals surface area contributed by atoms with Gasteiger partial charge in [-0.2, -0.15) is 0 Å². The summed E-state index contributed by atoms with van der Waals surface area (Å²) in [5.41, 5.74) is -0.197. The summed E-state index contributed by atoms with van der Waals surface area (Å²) in [4.78, 5) is 10.6. The molecule has 3 N–H and O–H groups in total. The number of nitrogens with one attached hydrogen (secondary N) is 1. The number of aromatic hydroxyl groups is 2. The maximum absolute atomic E-state index is 13.2. The molecule has 2 aromatic rings. The summed E-state index contributed by atoms with van der Waals surface area (Å²) in [6, 6.07) is 4.00. The van der Waals surface area contributed by atoms with Gasteiger partial charge in [0.1, 0.15) is 28.8 Å². The fourth-order valence-electron chi connectivity index (χ4n) is 2.27. The molecule has 10 heteroatoms. The molecule has 0 spiro atoms. The number of aryl methyl sites for hydroxylation is 1. The van der Waals surface area contributed by atoms with Crippen molar-refractivity contribution in [2.75, 3.05) is 11.3 Å². The quantitative estimate of drug-likeness (QED) is 0.486. The van der Waals surface area contributed by atoms with Gasteiger partial charge in [-0.05, 0) is 43.2 Å². The molecule has 0 saturated carbocycles. The topological polar surface area (TPSA) is 113 Å². The van der Waals surface area contributed by atoms with Crippen molar-refractivity contribution < 1.29 is 36.9 Å². The van der Waals surface area contributed by atoms with Gasteiger partial charge in [-0.15, -0.1) is 0 Å². The molecular weight excluding hydrogens is 384 g/mol. The molecule has 27 heavy (non-hydrogen) atoms. The van der Waals surface area contributed by atoms with Gasteiger partial charge in [0.05, 0.1) is 11.5 Å². The Hall–Kier alpha value is -2.88. The van der Waals surface area contributed by atoms with Crippen LogP contribution in [0, 0.1) is 11.6 Å². The predicted octanol–water partition coefficient (Wildman–Crippen LogP) is 2.67. The van der Waals surface area contributed by atoms with Crippen LogP contribution >= 0.6 is 0 Å². The Balaban J connectivity index is 2.25. The van der Waals surface area contributed by atoms with Crippen LogP contribution in [0.4, 0.5) is 14.5 Å². The number of esters is 1. The van der Waals surface area contributed by atoms with Crippen LogP contribution < -0.4 is 4.72 Å². The fraction of sp³-hybridized carbons (Fsp3) is 0.235. The van der Waals surface area contributed by atoms with Gasteiger partial charge in [0.2, 0.25) is 0 Å². The number of halogens is 2. The van der Waals surface area contributed by atoms with E-state index in [4.69, 9.17) is 4.74 Å². The minimum absolute atomic E-state index is 0.000360. The van der Waals surface area contributed by atoms with Crippen molar-refractivity contribution in [1.82, 2.24) is 0 Å². The van der Waals surface area contributed by atoms with Crippen molar-refractivity contribution in [3.8, 4) is 11.5 Å². The third kappa shape index (κ3) is 5.30. The van der Waals surface area contributed by atoms with E-state index in [2.05, 4.69) is 0 Å². The molecule has 0 radical (unpaired) electrons. The summed E-state index contributed by atoms with van der Waals surface area (Å²) in [6.07, 6.45) is 0.141. The molecule has 0 aromatic heterocycles. The lowest BCUT2D eigenvalue weighted by atomic mass is 10.1. The number of hydrogen-bond acceptors (Lipinski definition) is 6. The largest absolute Gasteiger partial charge is 0.506 e. The maximum Gasteiger partial charge on any atom is 0.306 e. The Morgan fingerprint density at radius 3 is 2.15 bits per heavy atom. The normalized spacial score (nSPS) is 11.2. The number of rotatable bonds is 7. The zero-order valence-corrected chi connectivity index (χ0v) is 15.0. The highest BCUT2D eigenvalue weighted by Crippen LogP contribution is 2.36. The molecule has 146 valence electrons. The Bertz CT molecular complexity index is 919. The van der Waals surface area contributed by atoms with Gasteiger partial charge >= 0.3 is 5.97 Å². The molecular formula is C17H17F2NO6S. The van der Waals surface area contributed by atoms with Gasteiger partial charge in [-0.25, -0.2) is 17.2 Å². The number of sulfonamides is 1. The van der Waals surface area contributed by atoms with Crippen molar-refractivity contribution >= 4 is 21.7 Å². The molecule has 0 atom stereocenters. The van der Waals surface area contributed by atoms with Crippen LogP contribution in [-0.4, -0.2) is 31.2 Å². The van der Waals surface area contributed by atoms with Crippen LogP contribution in [0.2, 0.25) is 0 Å². The minimum atomic E-state index is -4.47. The zero-order valence-electron chi connectivity index (χ0n) is 14.2. The Morgan fingerprint density at radius 2 is 1.63 bits per heavy atom. The van der Waals surface area contributed by atoms with Crippen LogP contribution in [0.5, 0.6) is 11.5 Å². The lowest BCUT2D eigenvalue weighted by molar-refractivity contribution is -0.143. The van der Waals surface area contributed by atoms with Gasteiger partial charge in [-0.1, -0.05) is 0 Å². The number of carbonyl (C=O) groups excluding carboxylic acids is 1. The third-order valence-corrected chi connectivity index (χ3v) is 4.79. The first-order chi connectivity index (χ1) is 12.6. The second kappa shape index (κ2) is 8.21. The molecule has 0 unspecified atom stereocenters. The summed E-state index contributed by atoms with van der Waals surface area (Å²) < 4.78 is 57.6. The number of phenols is 2. The first-order valence-electron chi connectivity index (χ1n) is 7.81. The molecule has 0 bridgehead atoms. The molecule has 0 aliphatic heterocycles. The van der Waals surface area contributed by atoms with Gasteiger partial charge in [0.15, 0.2) is 0 Å². The van der Waals surface area contributed by atoms with Gasteiger partial charge < -0.3 is 14.9 Å². The predicted molar refractivity (Wildman–Crippen MR) is 91.9 cm³/mol. The van der Waals surface area contributed by atoms with Crippen LogP contribution in [0.1, 0.15) is 18.9 Å². The number of benzene rings is 2. The maximum atomic E-state index is 13.2. The summed E-state index contributed by atoms with van der Waals surface area (Å²) in [7, 11) is -4.47. The van der Waals surface area contributed by atoms with Gasteiger partial charge in [0.25, 0.3) is 10.0 Å². The van der Waals surface area contributed by atoms with Gasteiger partial charge in [-0.3, -0.25) is 9.52 Å². The second-order valence-electron chi connectivity index (χ2n) is 5.52. The van der Waals surface area contributed by atoms with E-state index in [9.17, 15) is 32.2 Å². The molecule has 0 aliphatic rings. The smallest absolute Gasteiger partial charge is 0.306 e. The van der Waals surface area contributed by atoms with Crippen LogP contribution in [0.3, 0.4) is 0 Å². The van der Waals surface area contributed by atoms with E-state index >= 15 is 0 Å². The van der Waals surface area contributed by atoms with E-state index < -0.39 is 49.7 Å². The van der Waals surface area contributed by atoms with Crippen LogP contribution in [0.25, 0.3) is 0 Å². The zero-order chi connectivity index (χ0) is 20.2. The van der Waals surface area contributed by atoms with E-state index in [-0.39, 0.29) is 19.4 Å². The number of carbonyl (C=O) groups is 1. The number of hydrogen-bond donors (Lipinski definition) is 3. The van der Waals surface area contributed by atoms with Crippen molar-refractivity contribution in [1.29, 1.82) is 0 Å². The SMILES string of the molecule is CCOC(=O)CCc1cc(O)c(NS(=O)(=O)c2cc(F)cc(F)c2)c(O)c1. The monoisotopic (exact) mass is 401 g/mol. The van der Waals surface area contributed by atoms with Crippen molar-refractivity contribution in [2.45, 2.75) is 24.7 Å². The first kappa shape index (κ1) is 20.4. The molecule has 0 heterocycles. The highest BCUT2D eigenvalue weighted by Gasteiger charge is 2.21. The van der Waals surface area contributed by atoms with Gasteiger partial charge in [0, 0.05) is 12.5 Å². The van der Waals surface area contributed by atoms with E-state index in [0.717, 1.165) is 12.1 Å². The Labute approximate surface area is 154 Å². The first-order valence-corrected chi connectivity index (χ1v) is 9.30. The molecule has 0 saturated heterocycles. The Morgan fingerprint density at radius 1 is 1.07 bits per heavy atom. The fourth-order valence-corrected chi connectivity index (χ4v) is 3.41. The van der Waals surface area contributed by atoms with Crippen LogP contribution in [-0.2, 0) is 26.0 Å². The lowest BCUT2D eigenvalue weighted by Crippen LogP contribution is -2.14. The second-order valence-corrected chi connectivity index (χ2v) is 7.21. The van der Waals surface area contributed by atoms with E-state index in [1.54, 1.807) is 6.92 Å². The summed E-state index contributed by atoms with van der Waals surface area (Å²) in [5.74, 6) is -3.89. The lowest BCUT2D eigenvalue weighted by Gasteiger charge is -2.13. The van der Waals surface area contributed by atoms with Crippen LogP contribution in [0.15, 0.2) is 35.2 Å². The van der Waals surface area contributed by atoms with Crippen molar-refractivity contribution in [3.05, 3.63) is 47.5 Å². The summed E-state index contributed by atoms with van der Waals surface area (Å²) >= 11 is 0. The highest BCUT2D eigenvalue weighted by molar-refractivity contribution is 7.92. The van der Waals surface area contributed by atoms with Crippen molar-refractivity contribution in [2.24, 2.45) is 0 Å². The number of ether oxygens (including phenoxy) is 1. The molecule has 7 nitrogen and oxygen atoms in total. The summed E-state index contributed by atoms with van der Waals surface area (Å²) in [5, 5.41) is 20.0. The number of anilines is 1. The Kier molecular flexibility index (Phi) is 6.21. The number of phenolic OH excluding ortho intramolecular Hbond substituents is 2. The standard InChI is InChI=1S/C17H17F2NO6S/c1-2-26-16(23)4-3-10-5-14(21)17(15(22)6-10)20-27(24,25)13-8-11(18)7-12(19)9-13/h5-9,20-22H,2-4H2,1H3. The molecule has 0 aliphatic carbocycles. The van der Waals surface area contributed by atoms with E-state index in [1.807, 2.05) is 4.72 Å².